The third-order valence-electron chi connectivity index (χ3n) is 16.8. The summed E-state index contributed by atoms with van der Waals surface area (Å²) in [5.74, 6) is 0. The molecule has 0 amide bonds. The highest BCUT2D eigenvalue weighted by molar-refractivity contribution is 7.00. The molecule has 2 aliphatic rings. The van der Waals surface area contributed by atoms with Crippen molar-refractivity contribution in [3.63, 3.8) is 0 Å². The summed E-state index contributed by atoms with van der Waals surface area (Å²) in [6.07, 6.45) is 0. The quantitative estimate of drug-likeness (QED) is 0.164. The molecule has 5 heterocycles. The number of aromatic nitrogens is 2. The van der Waals surface area contributed by atoms with Gasteiger partial charge >= 0.3 is 0 Å². The number of benzene rings is 7. The number of fused-ring (bicyclic) bond motifs is 12. The molecule has 368 valence electrons. The lowest BCUT2D eigenvalue weighted by Gasteiger charge is -2.45. The van der Waals surface area contributed by atoms with Crippen LogP contribution in [0.1, 0.15) is 143 Å². The Hall–Kier alpha value is -6.72. The predicted molar refractivity (Wildman–Crippen MR) is 317 cm³/mol. The molecule has 10 aromatic rings. The molecule has 7 aromatic carbocycles. The van der Waals surface area contributed by atoms with E-state index < -0.39 is 0 Å². The second-order valence-corrected chi connectivity index (χ2v) is 26.8. The minimum absolute atomic E-state index is 0.00136. The molecular weight excluding hydrogens is 884 g/mol. The van der Waals surface area contributed by atoms with Crippen molar-refractivity contribution >= 4 is 95.5 Å². The lowest BCUT2D eigenvalue weighted by molar-refractivity contribution is 0.590. The average molecular weight is 957 g/mol. The molecule has 0 atom stereocenters. The molecule has 2 aliphatic heterocycles. The van der Waals surface area contributed by atoms with Crippen LogP contribution < -0.4 is 26.3 Å². The minimum Gasteiger partial charge on any atom is -0.324 e. The zero-order valence-corrected chi connectivity index (χ0v) is 46.6. The van der Waals surface area contributed by atoms with Crippen LogP contribution in [0.2, 0.25) is 0 Å². The Morgan fingerprint density at radius 3 is 1.30 bits per heavy atom. The average Bonchev–Trinajstić information content (AvgIpc) is 3.93. The summed E-state index contributed by atoms with van der Waals surface area (Å²) in [5.41, 5.74) is 25.4. The Morgan fingerprint density at radius 2 is 0.822 bits per heavy atom. The van der Waals surface area contributed by atoms with Crippen LogP contribution in [-0.4, -0.2) is 15.7 Å². The smallest absolute Gasteiger partial charge is 0.273 e. The minimum atomic E-state index is -0.125. The van der Waals surface area contributed by atoms with Crippen molar-refractivity contribution in [1.82, 2.24) is 8.97 Å². The Morgan fingerprint density at radius 1 is 0.397 bits per heavy atom. The third kappa shape index (κ3) is 6.93. The standard InChI is InChI=1S/C68H73BN4/c1-40-41(2)70(47-21-19-18-20-22-47)63-59(40)72(49-32-25-43(26-33-49)65(6,7)8)62-57-51-38-45(67(12,13)14)28-35-54(51)73-53-34-27-44(66(9,10)11)37-50(53)56(60(57)73)61-58(62)69(63)52-39-46(68(15,16)17)29-36-55(52)71(61)48-30-23-42(24-31-48)64(3,4)5/h18-39H,1-17H3. The van der Waals surface area contributed by atoms with E-state index in [0.29, 0.717) is 0 Å². The fourth-order valence-electron chi connectivity index (χ4n) is 12.5. The molecule has 3 aromatic heterocycles. The number of anilines is 6. The predicted octanol–water partition coefficient (Wildman–Crippen LogP) is 16.8. The van der Waals surface area contributed by atoms with Crippen molar-refractivity contribution in [2.75, 3.05) is 9.80 Å². The molecule has 73 heavy (non-hydrogen) atoms. The van der Waals surface area contributed by atoms with Gasteiger partial charge in [-0.25, -0.2) is 0 Å². The molecule has 0 spiro atoms. The van der Waals surface area contributed by atoms with Crippen LogP contribution in [0.3, 0.4) is 0 Å². The van der Waals surface area contributed by atoms with E-state index in [1.165, 1.54) is 134 Å². The van der Waals surface area contributed by atoms with E-state index in [2.05, 4.69) is 270 Å². The van der Waals surface area contributed by atoms with E-state index in [4.69, 9.17) is 0 Å². The Labute approximate surface area is 435 Å². The van der Waals surface area contributed by atoms with Crippen LogP contribution >= 0.6 is 0 Å². The number of nitrogens with zero attached hydrogens (tertiary/aromatic N) is 4. The number of rotatable bonds is 3. The van der Waals surface area contributed by atoms with E-state index in [1.807, 2.05) is 0 Å². The fourth-order valence-corrected chi connectivity index (χ4v) is 12.5. The Balaban J connectivity index is 1.38. The van der Waals surface area contributed by atoms with Crippen LogP contribution in [0.5, 0.6) is 0 Å². The topological polar surface area (TPSA) is 15.8 Å². The van der Waals surface area contributed by atoms with E-state index in [1.54, 1.807) is 0 Å². The van der Waals surface area contributed by atoms with Gasteiger partial charge in [-0.2, -0.15) is 0 Å². The van der Waals surface area contributed by atoms with E-state index in [-0.39, 0.29) is 33.8 Å². The summed E-state index contributed by atoms with van der Waals surface area (Å²) >= 11 is 0. The van der Waals surface area contributed by atoms with Gasteiger partial charge in [0.05, 0.1) is 33.6 Å². The highest BCUT2D eigenvalue weighted by Crippen LogP contribution is 2.56. The van der Waals surface area contributed by atoms with Crippen molar-refractivity contribution in [1.29, 1.82) is 0 Å². The normalized spacial score (nSPS) is 14.3. The van der Waals surface area contributed by atoms with Crippen LogP contribution in [0, 0.1) is 13.8 Å². The van der Waals surface area contributed by atoms with Crippen molar-refractivity contribution in [3.05, 3.63) is 173 Å². The summed E-state index contributed by atoms with van der Waals surface area (Å²) in [7, 11) is 0. The third-order valence-corrected chi connectivity index (χ3v) is 16.8. The molecule has 0 N–H and O–H groups in total. The molecule has 0 unspecified atom stereocenters. The molecule has 0 aliphatic carbocycles. The van der Waals surface area contributed by atoms with Crippen LogP contribution in [-0.2, 0) is 27.1 Å². The highest BCUT2D eigenvalue weighted by atomic mass is 15.2. The molecule has 12 rings (SSSR count). The monoisotopic (exact) mass is 957 g/mol. The van der Waals surface area contributed by atoms with Gasteiger partial charge in [-0.15, -0.1) is 0 Å². The lowest BCUT2D eigenvalue weighted by Crippen LogP contribution is -2.63. The van der Waals surface area contributed by atoms with Gasteiger partial charge in [0.15, 0.2) is 0 Å². The van der Waals surface area contributed by atoms with Crippen molar-refractivity contribution < 1.29 is 0 Å². The number of para-hydroxylation sites is 1. The first-order valence-corrected chi connectivity index (χ1v) is 26.8. The first-order chi connectivity index (χ1) is 34.2. The summed E-state index contributed by atoms with van der Waals surface area (Å²) < 4.78 is 5.26. The van der Waals surface area contributed by atoms with Gasteiger partial charge in [0.1, 0.15) is 0 Å². The Kier molecular flexibility index (Phi) is 9.99. The second kappa shape index (κ2) is 15.4. The number of hydrogen-bond acceptors (Lipinski definition) is 2. The van der Waals surface area contributed by atoms with Crippen LogP contribution in [0.25, 0.3) is 43.8 Å². The SMILES string of the molecule is Cc1c2c(n(-c3ccccc3)c1C)B1c3cc(C(C)(C)C)ccc3N(c3ccc(C(C)(C)C)cc3)c3c1c(c1c4cc(C(C)(C)C)ccc4n4c5ccc(C(C)(C)C)cc5c3c14)N2c1ccc(C(C)(C)C)cc1. The lowest BCUT2D eigenvalue weighted by atomic mass is 9.34. The summed E-state index contributed by atoms with van der Waals surface area (Å²) in [6, 6.07) is 52.5. The molecular formula is C68H73BN4. The summed E-state index contributed by atoms with van der Waals surface area (Å²) in [6.45, 7) is 39.8. The van der Waals surface area contributed by atoms with E-state index in [0.717, 1.165) is 0 Å². The van der Waals surface area contributed by atoms with Gasteiger partial charge in [-0.05, 0) is 152 Å². The summed E-state index contributed by atoms with van der Waals surface area (Å²) in [4.78, 5) is 5.40. The zero-order valence-electron chi connectivity index (χ0n) is 46.6. The first kappa shape index (κ1) is 47.3. The van der Waals surface area contributed by atoms with Crippen LogP contribution in [0.4, 0.5) is 34.1 Å². The molecule has 0 bridgehead atoms. The molecule has 4 nitrogen and oxygen atoms in total. The maximum atomic E-state index is 2.72. The fraction of sp³-hybridized carbons (Fsp3) is 0.324. The maximum absolute atomic E-state index is 2.72. The van der Waals surface area contributed by atoms with E-state index in [9.17, 15) is 0 Å². The maximum Gasteiger partial charge on any atom is 0.273 e. The summed E-state index contributed by atoms with van der Waals surface area (Å²) in [5, 5.41) is 5.24. The molecule has 5 heteroatoms. The van der Waals surface area contributed by atoms with Gasteiger partial charge in [0, 0.05) is 55.6 Å². The molecule has 0 saturated carbocycles. The molecule has 0 radical (unpaired) electrons. The van der Waals surface area contributed by atoms with Crippen molar-refractivity contribution in [3.8, 4) is 5.69 Å². The number of hydrogen-bond donors (Lipinski definition) is 0. The van der Waals surface area contributed by atoms with Crippen LogP contribution in [0.15, 0.2) is 133 Å². The van der Waals surface area contributed by atoms with Gasteiger partial charge in [-0.1, -0.05) is 171 Å². The largest absolute Gasteiger partial charge is 0.324 e. The molecule has 0 saturated heterocycles. The van der Waals surface area contributed by atoms with Gasteiger partial charge in [0.25, 0.3) is 6.71 Å². The van der Waals surface area contributed by atoms with Crippen molar-refractivity contribution in [2.45, 2.75) is 145 Å². The van der Waals surface area contributed by atoms with Gasteiger partial charge in [0.2, 0.25) is 0 Å². The van der Waals surface area contributed by atoms with Crippen molar-refractivity contribution in [2.24, 2.45) is 0 Å². The first-order valence-electron chi connectivity index (χ1n) is 26.8. The van der Waals surface area contributed by atoms with E-state index >= 15 is 0 Å². The zero-order chi connectivity index (χ0) is 51.8. The molecule has 0 fully saturated rings. The van der Waals surface area contributed by atoms with Gasteiger partial charge in [-0.3, -0.25) is 0 Å². The van der Waals surface area contributed by atoms with Gasteiger partial charge < -0.3 is 18.8 Å². The second-order valence-electron chi connectivity index (χ2n) is 26.8. The Bertz CT molecular complexity index is 3870. The highest BCUT2D eigenvalue weighted by Gasteiger charge is 2.50.